The molecule has 7 nitrogen and oxygen atoms in total. The number of aryl methyl sites for hydroxylation is 1. The van der Waals surface area contributed by atoms with Crippen LogP contribution in [0.25, 0.3) is 10.2 Å². The zero-order valence-corrected chi connectivity index (χ0v) is 16.7. The minimum Gasteiger partial charge on any atom is -0.345 e. The molecule has 1 aliphatic heterocycles. The maximum atomic E-state index is 12.8. The number of amides is 1. The Morgan fingerprint density at radius 2 is 1.93 bits per heavy atom. The summed E-state index contributed by atoms with van der Waals surface area (Å²) in [5, 5.41) is 12.6. The highest BCUT2D eigenvalue weighted by Crippen LogP contribution is 2.31. The molecule has 4 rings (SSSR count). The first-order chi connectivity index (χ1) is 13.4. The van der Waals surface area contributed by atoms with Gasteiger partial charge in [-0.3, -0.25) is 14.9 Å². The zero-order chi connectivity index (χ0) is 19.8. The fourth-order valence-electron chi connectivity index (χ4n) is 3.30. The Morgan fingerprint density at radius 3 is 2.61 bits per heavy atom. The Bertz CT molecular complexity index is 1080. The topological polar surface area (TPSA) is 79.6 Å². The van der Waals surface area contributed by atoms with Gasteiger partial charge in [-0.05, 0) is 37.3 Å². The van der Waals surface area contributed by atoms with Gasteiger partial charge < -0.3 is 9.80 Å². The lowest BCUT2D eigenvalue weighted by Crippen LogP contribution is -2.48. The molecule has 0 unspecified atom stereocenters. The van der Waals surface area contributed by atoms with Crippen molar-refractivity contribution in [3.63, 3.8) is 0 Å². The van der Waals surface area contributed by atoms with Crippen LogP contribution in [0, 0.1) is 17.0 Å². The van der Waals surface area contributed by atoms with Crippen molar-refractivity contribution in [3.8, 4) is 0 Å². The predicted molar refractivity (Wildman–Crippen MR) is 111 cm³/mol. The Morgan fingerprint density at radius 1 is 1.18 bits per heavy atom. The molecule has 2 aromatic carbocycles. The molecule has 1 fully saturated rings. The number of thiazole rings is 1. The first kappa shape index (κ1) is 18.6. The molecule has 0 saturated carbocycles. The van der Waals surface area contributed by atoms with E-state index in [-0.39, 0.29) is 11.6 Å². The highest BCUT2D eigenvalue weighted by atomic mass is 35.5. The standard InChI is InChI=1S/C19H17ClN4O3S/c1-12-10-13(2-5-16(12)24(26)27)18(25)22-6-8-23(9-7-22)19-21-15-4-3-14(20)11-17(15)28-19/h2-5,10-11H,6-9H2,1H3. The average molecular weight is 417 g/mol. The van der Waals surface area contributed by atoms with Crippen molar-refractivity contribution >= 4 is 49.9 Å². The van der Waals surface area contributed by atoms with E-state index in [0.29, 0.717) is 42.3 Å². The Balaban J connectivity index is 1.45. The molecule has 28 heavy (non-hydrogen) atoms. The molecule has 9 heteroatoms. The van der Waals surface area contributed by atoms with E-state index in [0.717, 1.165) is 15.3 Å². The molecule has 2 heterocycles. The Labute approximate surface area is 170 Å². The van der Waals surface area contributed by atoms with Gasteiger partial charge in [0, 0.05) is 48.4 Å². The number of hydrogen-bond acceptors (Lipinski definition) is 6. The SMILES string of the molecule is Cc1cc(C(=O)N2CCN(c3nc4ccc(Cl)cc4s3)CC2)ccc1[N+](=O)[O-]. The summed E-state index contributed by atoms with van der Waals surface area (Å²) in [7, 11) is 0. The van der Waals surface area contributed by atoms with Gasteiger partial charge in [0.25, 0.3) is 11.6 Å². The second-order valence-corrected chi connectivity index (χ2v) is 8.09. The fraction of sp³-hybridized carbons (Fsp3) is 0.263. The number of halogens is 1. The second kappa shape index (κ2) is 7.37. The maximum Gasteiger partial charge on any atom is 0.272 e. The van der Waals surface area contributed by atoms with Crippen LogP contribution in [0.3, 0.4) is 0 Å². The van der Waals surface area contributed by atoms with E-state index in [1.54, 1.807) is 29.2 Å². The Hall–Kier alpha value is -2.71. The number of carbonyl (C=O) groups excluding carboxylic acids is 1. The van der Waals surface area contributed by atoms with Crippen LogP contribution in [0.4, 0.5) is 10.8 Å². The number of piperazine rings is 1. The third-order valence-corrected chi connectivity index (χ3v) is 6.13. The summed E-state index contributed by atoms with van der Waals surface area (Å²) in [5.74, 6) is -0.103. The van der Waals surface area contributed by atoms with Crippen molar-refractivity contribution in [1.29, 1.82) is 0 Å². The van der Waals surface area contributed by atoms with Crippen LogP contribution < -0.4 is 4.90 Å². The number of aromatic nitrogens is 1. The molecule has 3 aromatic rings. The summed E-state index contributed by atoms with van der Waals surface area (Å²) in [6, 6.07) is 10.2. The number of hydrogen-bond donors (Lipinski definition) is 0. The fourth-order valence-corrected chi connectivity index (χ4v) is 4.59. The lowest BCUT2D eigenvalue weighted by molar-refractivity contribution is -0.385. The van der Waals surface area contributed by atoms with Gasteiger partial charge in [-0.1, -0.05) is 22.9 Å². The molecule has 0 radical (unpaired) electrons. The molecule has 1 aliphatic rings. The number of benzene rings is 2. The van der Waals surface area contributed by atoms with E-state index in [9.17, 15) is 14.9 Å². The van der Waals surface area contributed by atoms with Crippen molar-refractivity contribution < 1.29 is 9.72 Å². The zero-order valence-electron chi connectivity index (χ0n) is 15.1. The van der Waals surface area contributed by atoms with Crippen LogP contribution in [-0.4, -0.2) is 46.9 Å². The number of fused-ring (bicyclic) bond motifs is 1. The summed E-state index contributed by atoms with van der Waals surface area (Å²) in [4.78, 5) is 31.9. The maximum absolute atomic E-state index is 12.8. The Kier molecular flexibility index (Phi) is 4.91. The quantitative estimate of drug-likeness (QED) is 0.473. The number of nitro groups is 1. The summed E-state index contributed by atoms with van der Waals surface area (Å²) in [6.07, 6.45) is 0. The van der Waals surface area contributed by atoms with Crippen LogP contribution in [0.2, 0.25) is 5.02 Å². The minimum absolute atomic E-state index is 0.0253. The van der Waals surface area contributed by atoms with Crippen molar-refractivity contribution in [3.05, 3.63) is 62.7 Å². The normalized spacial score (nSPS) is 14.5. The van der Waals surface area contributed by atoms with Crippen molar-refractivity contribution in [2.75, 3.05) is 31.1 Å². The number of rotatable bonds is 3. The van der Waals surface area contributed by atoms with E-state index in [4.69, 9.17) is 11.6 Å². The van der Waals surface area contributed by atoms with Crippen LogP contribution in [0.15, 0.2) is 36.4 Å². The largest absolute Gasteiger partial charge is 0.345 e. The van der Waals surface area contributed by atoms with E-state index >= 15 is 0 Å². The average Bonchev–Trinajstić information content (AvgIpc) is 3.10. The van der Waals surface area contributed by atoms with Gasteiger partial charge in [0.15, 0.2) is 5.13 Å². The molecule has 1 amide bonds. The third kappa shape index (κ3) is 3.53. The van der Waals surface area contributed by atoms with E-state index in [1.807, 2.05) is 18.2 Å². The molecular formula is C19H17ClN4O3S. The predicted octanol–water partition coefficient (Wildman–Crippen LogP) is 4.13. The summed E-state index contributed by atoms with van der Waals surface area (Å²) >= 11 is 7.64. The summed E-state index contributed by atoms with van der Waals surface area (Å²) in [5.41, 5.74) is 1.91. The molecule has 0 aliphatic carbocycles. The van der Waals surface area contributed by atoms with E-state index < -0.39 is 4.92 Å². The summed E-state index contributed by atoms with van der Waals surface area (Å²) < 4.78 is 1.04. The van der Waals surface area contributed by atoms with E-state index in [1.165, 1.54) is 12.1 Å². The number of anilines is 1. The van der Waals surface area contributed by atoms with Crippen molar-refractivity contribution in [2.24, 2.45) is 0 Å². The monoisotopic (exact) mass is 416 g/mol. The first-order valence-corrected chi connectivity index (χ1v) is 9.97. The van der Waals surface area contributed by atoms with Crippen LogP contribution in [0.5, 0.6) is 0 Å². The molecule has 0 atom stereocenters. The van der Waals surface area contributed by atoms with Crippen molar-refractivity contribution in [1.82, 2.24) is 9.88 Å². The van der Waals surface area contributed by atoms with Crippen LogP contribution >= 0.6 is 22.9 Å². The van der Waals surface area contributed by atoms with Gasteiger partial charge in [0.05, 0.1) is 15.1 Å². The smallest absolute Gasteiger partial charge is 0.272 e. The van der Waals surface area contributed by atoms with Gasteiger partial charge in [-0.2, -0.15) is 0 Å². The molecule has 1 aromatic heterocycles. The number of carbonyl (C=O) groups is 1. The summed E-state index contributed by atoms with van der Waals surface area (Å²) in [6.45, 7) is 4.17. The van der Waals surface area contributed by atoms with Gasteiger partial charge in [-0.25, -0.2) is 4.98 Å². The van der Waals surface area contributed by atoms with Gasteiger partial charge in [-0.15, -0.1) is 0 Å². The molecular weight excluding hydrogens is 400 g/mol. The highest BCUT2D eigenvalue weighted by molar-refractivity contribution is 7.22. The first-order valence-electron chi connectivity index (χ1n) is 8.78. The molecule has 0 N–H and O–H groups in total. The number of nitro benzene ring substituents is 1. The third-order valence-electron chi connectivity index (χ3n) is 4.82. The number of nitrogens with zero attached hydrogens (tertiary/aromatic N) is 4. The minimum atomic E-state index is -0.437. The molecule has 0 bridgehead atoms. The van der Waals surface area contributed by atoms with Gasteiger partial charge in [0.2, 0.25) is 0 Å². The lowest BCUT2D eigenvalue weighted by Gasteiger charge is -2.34. The van der Waals surface area contributed by atoms with Crippen molar-refractivity contribution in [2.45, 2.75) is 6.92 Å². The van der Waals surface area contributed by atoms with Crippen LogP contribution in [0.1, 0.15) is 15.9 Å². The molecule has 1 saturated heterocycles. The second-order valence-electron chi connectivity index (χ2n) is 6.65. The highest BCUT2D eigenvalue weighted by Gasteiger charge is 2.25. The van der Waals surface area contributed by atoms with Crippen LogP contribution in [-0.2, 0) is 0 Å². The molecule has 144 valence electrons. The van der Waals surface area contributed by atoms with Gasteiger partial charge in [0.1, 0.15) is 0 Å². The van der Waals surface area contributed by atoms with Gasteiger partial charge >= 0.3 is 0 Å². The molecule has 0 spiro atoms. The van der Waals surface area contributed by atoms with E-state index in [2.05, 4.69) is 9.88 Å². The lowest BCUT2D eigenvalue weighted by atomic mass is 10.1.